The molecule has 6 heteroatoms. The topological polar surface area (TPSA) is 82.5 Å². The number of aliphatic imine (C=N–C) groups is 1. The van der Waals surface area contributed by atoms with Crippen molar-refractivity contribution in [3.63, 3.8) is 0 Å². The van der Waals surface area contributed by atoms with E-state index in [0.29, 0.717) is 24.2 Å². The number of ether oxygens (including phenoxy) is 1. The molecule has 1 aromatic heterocycles. The van der Waals surface area contributed by atoms with Crippen LogP contribution < -0.4 is 5.48 Å². The van der Waals surface area contributed by atoms with Gasteiger partial charge in [0.2, 0.25) is 0 Å². The summed E-state index contributed by atoms with van der Waals surface area (Å²) >= 11 is 0. The Hall–Kier alpha value is -1.40. The van der Waals surface area contributed by atoms with Crippen molar-refractivity contribution in [3.8, 4) is 0 Å². The van der Waals surface area contributed by atoms with E-state index < -0.39 is 0 Å². The lowest BCUT2D eigenvalue weighted by Crippen LogP contribution is -2.52. The molecule has 1 aromatic rings. The Morgan fingerprint density at radius 1 is 1.15 bits per heavy atom. The Bertz CT molecular complexity index is 657. The van der Waals surface area contributed by atoms with Crippen molar-refractivity contribution in [2.45, 2.75) is 82.1 Å². The molecule has 5 aliphatic rings. The van der Waals surface area contributed by atoms with Gasteiger partial charge in [-0.05, 0) is 69.1 Å². The molecule has 6 nitrogen and oxygen atoms in total. The molecular formula is C21H32N4O2. The summed E-state index contributed by atoms with van der Waals surface area (Å²) in [6.07, 6.45) is 15.9. The Kier molecular flexibility index (Phi) is 4.72. The zero-order valence-electron chi connectivity index (χ0n) is 16.1. The van der Waals surface area contributed by atoms with Gasteiger partial charge in [0.25, 0.3) is 0 Å². The number of H-pyrrole nitrogens is 1. The second-order valence-electron chi connectivity index (χ2n) is 9.50. The molecule has 4 bridgehead atoms. The van der Waals surface area contributed by atoms with E-state index in [9.17, 15) is 5.21 Å². The van der Waals surface area contributed by atoms with Gasteiger partial charge in [-0.15, -0.1) is 0 Å². The third kappa shape index (κ3) is 3.54. The summed E-state index contributed by atoms with van der Waals surface area (Å²) in [6, 6.07) is 0. The predicted octanol–water partition coefficient (Wildman–Crippen LogP) is 4.13. The van der Waals surface area contributed by atoms with Crippen molar-refractivity contribution in [3.05, 3.63) is 17.7 Å². The fraction of sp³-hybridized carbons (Fsp3) is 0.810. The molecule has 1 heterocycles. The quantitative estimate of drug-likeness (QED) is 0.412. The minimum absolute atomic E-state index is 0.0393. The summed E-state index contributed by atoms with van der Waals surface area (Å²) < 4.78 is 6.34. The molecule has 148 valence electrons. The zero-order valence-corrected chi connectivity index (χ0v) is 16.1. The van der Waals surface area contributed by atoms with Gasteiger partial charge in [0.05, 0.1) is 5.60 Å². The van der Waals surface area contributed by atoms with E-state index in [1.165, 1.54) is 70.6 Å². The molecule has 0 spiro atoms. The number of hydroxylamine groups is 1. The summed E-state index contributed by atoms with van der Waals surface area (Å²) in [5.41, 5.74) is 2.94. The van der Waals surface area contributed by atoms with Crippen LogP contribution in [0.15, 0.2) is 11.2 Å². The number of rotatable bonds is 5. The SMILES string of the molecule is ONC(=NCOC12CC3CC(CC(C3)C1)C2)c1c[nH]c(C2CCCCC2)n1. The number of amidine groups is 1. The minimum Gasteiger partial charge on any atom is -0.353 e. The van der Waals surface area contributed by atoms with Crippen molar-refractivity contribution in [2.75, 3.05) is 6.73 Å². The zero-order chi connectivity index (χ0) is 18.3. The molecule has 0 saturated heterocycles. The Morgan fingerprint density at radius 3 is 2.44 bits per heavy atom. The van der Waals surface area contributed by atoms with E-state index in [4.69, 9.17) is 4.74 Å². The first-order chi connectivity index (χ1) is 13.2. The summed E-state index contributed by atoms with van der Waals surface area (Å²) in [6.45, 7) is 0.292. The van der Waals surface area contributed by atoms with Crippen molar-refractivity contribution in [2.24, 2.45) is 22.7 Å². The monoisotopic (exact) mass is 372 g/mol. The van der Waals surface area contributed by atoms with Gasteiger partial charge in [0, 0.05) is 12.1 Å². The van der Waals surface area contributed by atoms with Gasteiger partial charge < -0.3 is 9.72 Å². The highest BCUT2D eigenvalue weighted by atomic mass is 16.5. The number of imidazole rings is 1. The van der Waals surface area contributed by atoms with E-state index in [0.717, 1.165) is 23.6 Å². The number of hydrogen-bond donors (Lipinski definition) is 3. The Labute approximate surface area is 161 Å². The van der Waals surface area contributed by atoms with Gasteiger partial charge in [-0.1, -0.05) is 19.3 Å². The van der Waals surface area contributed by atoms with Crippen molar-refractivity contribution < 1.29 is 9.94 Å². The van der Waals surface area contributed by atoms with E-state index >= 15 is 0 Å². The molecule has 0 atom stereocenters. The first-order valence-corrected chi connectivity index (χ1v) is 10.9. The highest BCUT2D eigenvalue weighted by molar-refractivity contribution is 5.96. The van der Waals surface area contributed by atoms with E-state index in [1.54, 1.807) is 0 Å². The van der Waals surface area contributed by atoms with Gasteiger partial charge in [0.1, 0.15) is 18.2 Å². The van der Waals surface area contributed by atoms with Crippen LogP contribution in [0.2, 0.25) is 0 Å². The average molecular weight is 373 g/mol. The van der Waals surface area contributed by atoms with Gasteiger partial charge in [-0.25, -0.2) is 9.98 Å². The summed E-state index contributed by atoms with van der Waals surface area (Å²) in [5, 5.41) is 9.57. The molecule has 0 aromatic carbocycles. The van der Waals surface area contributed by atoms with Crippen LogP contribution in [0.25, 0.3) is 0 Å². The lowest BCUT2D eigenvalue weighted by atomic mass is 9.54. The first-order valence-electron chi connectivity index (χ1n) is 10.9. The van der Waals surface area contributed by atoms with Gasteiger partial charge in [-0.2, -0.15) is 0 Å². The molecule has 5 saturated carbocycles. The van der Waals surface area contributed by atoms with Crippen LogP contribution in [0.5, 0.6) is 0 Å². The maximum absolute atomic E-state index is 9.57. The van der Waals surface area contributed by atoms with Crippen LogP contribution in [0.1, 0.15) is 88.1 Å². The third-order valence-corrected chi connectivity index (χ3v) is 7.51. The largest absolute Gasteiger partial charge is 0.353 e. The van der Waals surface area contributed by atoms with Gasteiger partial charge in [0.15, 0.2) is 5.84 Å². The third-order valence-electron chi connectivity index (χ3n) is 7.51. The fourth-order valence-corrected chi connectivity index (χ4v) is 6.66. The van der Waals surface area contributed by atoms with E-state index in [-0.39, 0.29) is 5.60 Å². The molecule has 0 unspecified atom stereocenters. The number of nitrogens with one attached hydrogen (secondary N) is 2. The summed E-state index contributed by atoms with van der Waals surface area (Å²) in [4.78, 5) is 12.5. The van der Waals surface area contributed by atoms with Crippen molar-refractivity contribution in [1.29, 1.82) is 0 Å². The van der Waals surface area contributed by atoms with Gasteiger partial charge in [-0.3, -0.25) is 10.7 Å². The number of nitrogens with zero attached hydrogens (tertiary/aromatic N) is 2. The van der Waals surface area contributed by atoms with Crippen LogP contribution in [0.3, 0.4) is 0 Å². The second-order valence-corrected chi connectivity index (χ2v) is 9.50. The fourth-order valence-electron chi connectivity index (χ4n) is 6.66. The normalized spacial score (nSPS) is 36.3. The molecule has 27 heavy (non-hydrogen) atoms. The number of hydrogen-bond acceptors (Lipinski definition) is 4. The predicted molar refractivity (Wildman–Crippen MR) is 103 cm³/mol. The smallest absolute Gasteiger partial charge is 0.175 e. The lowest BCUT2D eigenvalue weighted by Gasteiger charge is -2.56. The van der Waals surface area contributed by atoms with E-state index in [1.807, 2.05) is 6.20 Å². The highest BCUT2D eigenvalue weighted by Crippen LogP contribution is 2.57. The molecule has 0 amide bonds. The molecule has 0 aliphatic heterocycles. The Balaban J connectivity index is 1.23. The molecule has 0 radical (unpaired) electrons. The van der Waals surface area contributed by atoms with Crippen molar-refractivity contribution in [1.82, 2.24) is 15.4 Å². The summed E-state index contributed by atoms with van der Waals surface area (Å²) in [7, 11) is 0. The number of aromatic amines is 1. The maximum atomic E-state index is 9.57. The van der Waals surface area contributed by atoms with Crippen LogP contribution in [0, 0.1) is 17.8 Å². The Morgan fingerprint density at radius 2 is 1.81 bits per heavy atom. The van der Waals surface area contributed by atoms with Crippen LogP contribution >= 0.6 is 0 Å². The second kappa shape index (κ2) is 7.21. The molecule has 5 fully saturated rings. The molecule has 6 rings (SSSR count). The summed E-state index contributed by atoms with van der Waals surface area (Å²) in [5.74, 6) is 4.52. The first kappa shape index (κ1) is 17.7. The van der Waals surface area contributed by atoms with Gasteiger partial charge >= 0.3 is 0 Å². The standard InChI is InChI=1S/C21H32N4O2/c26-25-20(18-12-22-19(24-18)17-4-2-1-3-5-17)23-13-27-21-9-14-6-15(10-21)8-16(7-14)11-21/h12,14-17,26H,1-11,13H2,(H,22,24)(H,23,25). The van der Waals surface area contributed by atoms with Crippen LogP contribution in [0.4, 0.5) is 0 Å². The van der Waals surface area contributed by atoms with Crippen molar-refractivity contribution >= 4 is 5.84 Å². The van der Waals surface area contributed by atoms with Crippen LogP contribution in [-0.4, -0.2) is 33.3 Å². The highest BCUT2D eigenvalue weighted by Gasteiger charge is 2.51. The number of aromatic nitrogens is 2. The minimum atomic E-state index is 0.0393. The lowest BCUT2D eigenvalue weighted by molar-refractivity contribution is -0.160. The molecule has 3 N–H and O–H groups in total. The van der Waals surface area contributed by atoms with Crippen LogP contribution in [-0.2, 0) is 4.74 Å². The van der Waals surface area contributed by atoms with E-state index in [2.05, 4.69) is 20.4 Å². The molecular weight excluding hydrogens is 340 g/mol. The maximum Gasteiger partial charge on any atom is 0.175 e. The average Bonchev–Trinajstić information content (AvgIpc) is 3.15. The molecule has 5 aliphatic carbocycles.